The molecule has 0 radical (unpaired) electrons. The highest BCUT2D eigenvalue weighted by molar-refractivity contribution is 9.10. The third kappa shape index (κ3) is 6.79. The van der Waals surface area contributed by atoms with Gasteiger partial charge in [0, 0.05) is 34.1 Å². The fraction of sp³-hybridized carbons (Fsp3) is 0.269. The van der Waals surface area contributed by atoms with Crippen molar-refractivity contribution in [3.05, 3.63) is 93.2 Å². The predicted octanol–water partition coefficient (Wildman–Crippen LogP) is 6.56. The number of benzene rings is 3. The van der Waals surface area contributed by atoms with Crippen molar-refractivity contribution in [3.8, 4) is 11.5 Å². The molecule has 0 unspecified atom stereocenters. The first kappa shape index (κ1) is 23.7. The molecule has 4 nitrogen and oxygen atoms in total. The van der Waals surface area contributed by atoms with Gasteiger partial charge in [-0.15, -0.1) is 0 Å². The summed E-state index contributed by atoms with van der Waals surface area (Å²) in [5, 5.41) is 3.61. The minimum atomic E-state index is -0.274. The van der Waals surface area contributed by atoms with E-state index >= 15 is 0 Å². The van der Waals surface area contributed by atoms with Crippen LogP contribution in [-0.2, 0) is 17.9 Å². The summed E-state index contributed by atoms with van der Waals surface area (Å²) in [6, 6.07) is 19.6. The lowest BCUT2D eigenvalue weighted by molar-refractivity contribution is -0.126. The molecule has 7 heteroatoms. The number of carbonyl (C=O) groups is 1. The number of nitrogens with one attached hydrogen (secondary N) is 1. The molecule has 1 amide bonds. The standard InChI is InChI=1S/C26H25BrClFN2O2/c27-21-7-6-20(25(14-21)33-24-3-1-2-22(28)15-24)17-31-12-10-19(11-13-31)26(32)30-16-18-4-8-23(29)9-5-18/h1-9,14-15,19H,10-13,16-17H2,(H,30,32). The van der Waals surface area contributed by atoms with Crippen LogP contribution >= 0.6 is 27.5 Å². The first-order chi connectivity index (χ1) is 16.0. The molecule has 4 rings (SSSR count). The molecule has 1 fully saturated rings. The van der Waals surface area contributed by atoms with Gasteiger partial charge in [-0.1, -0.05) is 51.8 Å². The summed E-state index contributed by atoms with van der Waals surface area (Å²) in [4.78, 5) is 14.9. The smallest absolute Gasteiger partial charge is 0.223 e. The molecule has 1 saturated heterocycles. The maximum atomic E-state index is 13.0. The second kappa shape index (κ2) is 11.1. The third-order valence-electron chi connectivity index (χ3n) is 5.79. The number of hydrogen-bond acceptors (Lipinski definition) is 3. The zero-order valence-electron chi connectivity index (χ0n) is 18.1. The molecule has 0 bridgehead atoms. The zero-order chi connectivity index (χ0) is 23.2. The van der Waals surface area contributed by atoms with Gasteiger partial charge >= 0.3 is 0 Å². The van der Waals surface area contributed by atoms with Gasteiger partial charge in [0.1, 0.15) is 17.3 Å². The van der Waals surface area contributed by atoms with Gasteiger partial charge in [-0.2, -0.15) is 0 Å². The molecule has 3 aromatic rings. The van der Waals surface area contributed by atoms with E-state index in [2.05, 4.69) is 32.2 Å². The van der Waals surface area contributed by atoms with Gasteiger partial charge in [0.15, 0.2) is 0 Å². The summed E-state index contributed by atoms with van der Waals surface area (Å²) in [6.07, 6.45) is 1.60. The van der Waals surface area contributed by atoms with Gasteiger partial charge in [0.05, 0.1) is 0 Å². The molecule has 0 aromatic heterocycles. The van der Waals surface area contributed by atoms with Crippen LogP contribution in [0.1, 0.15) is 24.0 Å². The Morgan fingerprint density at radius 3 is 2.58 bits per heavy atom. The van der Waals surface area contributed by atoms with E-state index in [-0.39, 0.29) is 17.6 Å². The molecule has 1 aliphatic rings. The number of amides is 1. The molecule has 0 aliphatic carbocycles. The van der Waals surface area contributed by atoms with Gasteiger partial charge in [0.25, 0.3) is 0 Å². The Labute approximate surface area is 206 Å². The highest BCUT2D eigenvalue weighted by Gasteiger charge is 2.25. The Morgan fingerprint density at radius 1 is 1.09 bits per heavy atom. The van der Waals surface area contributed by atoms with Crippen LogP contribution in [0.25, 0.3) is 0 Å². The average Bonchev–Trinajstić information content (AvgIpc) is 2.81. The van der Waals surface area contributed by atoms with Crippen molar-refractivity contribution in [3.63, 3.8) is 0 Å². The first-order valence-corrected chi connectivity index (χ1v) is 12.1. The quantitative estimate of drug-likeness (QED) is 0.375. The van der Waals surface area contributed by atoms with Crippen molar-refractivity contribution >= 4 is 33.4 Å². The van der Waals surface area contributed by atoms with Gasteiger partial charge in [-0.3, -0.25) is 9.69 Å². The van der Waals surface area contributed by atoms with E-state index in [0.717, 1.165) is 53.8 Å². The maximum Gasteiger partial charge on any atom is 0.223 e. The number of ether oxygens (including phenoxy) is 1. The van der Waals surface area contributed by atoms with Crippen LogP contribution in [0.5, 0.6) is 11.5 Å². The summed E-state index contributed by atoms with van der Waals surface area (Å²) in [7, 11) is 0. The van der Waals surface area contributed by atoms with Crippen molar-refractivity contribution in [1.29, 1.82) is 0 Å². The summed E-state index contributed by atoms with van der Waals surface area (Å²) in [6.45, 7) is 2.83. The molecular formula is C26H25BrClFN2O2. The Hall–Kier alpha value is -2.41. The Kier molecular flexibility index (Phi) is 8.02. The summed E-state index contributed by atoms with van der Waals surface area (Å²) >= 11 is 9.62. The van der Waals surface area contributed by atoms with Crippen LogP contribution in [0, 0.1) is 11.7 Å². The monoisotopic (exact) mass is 530 g/mol. The lowest BCUT2D eigenvalue weighted by Gasteiger charge is -2.31. The van der Waals surface area contributed by atoms with Crippen molar-refractivity contribution in [2.45, 2.75) is 25.9 Å². The molecule has 1 N–H and O–H groups in total. The zero-order valence-corrected chi connectivity index (χ0v) is 20.4. The Bertz CT molecular complexity index is 1100. The molecular weight excluding hydrogens is 507 g/mol. The van der Waals surface area contributed by atoms with Gasteiger partial charge < -0.3 is 10.1 Å². The Morgan fingerprint density at radius 2 is 1.85 bits per heavy atom. The maximum absolute atomic E-state index is 13.0. The van der Waals surface area contributed by atoms with Crippen molar-refractivity contribution in [2.24, 2.45) is 5.92 Å². The lowest BCUT2D eigenvalue weighted by Crippen LogP contribution is -2.40. The number of nitrogens with zero attached hydrogens (tertiary/aromatic N) is 1. The van der Waals surface area contributed by atoms with Crippen molar-refractivity contribution in [2.75, 3.05) is 13.1 Å². The fourth-order valence-corrected chi connectivity index (χ4v) is 4.46. The highest BCUT2D eigenvalue weighted by Crippen LogP contribution is 2.31. The predicted molar refractivity (Wildman–Crippen MR) is 132 cm³/mol. The minimum absolute atomic E-state index is 0.00574. The number of carbonyl (C=O) groups excluding carboxylic acids is 1. The van der Waals surface area contributed by atoms with Crippen molar-refractivity contribution < 1.29 is 13.9 Å². The number of likely N-dealkylation sites (tertiary alicyclic amines) is 1. The molecule has 0 spiro atoms. The molecule has 172 valence electrons. The van der Waals surface area contributed by atoms with Gasteiger partial charge in [0.2, 0.25) is 5.91 Å². The second-order valence-corrected chi connectivity index (χ2v) is 9.56. The van der Waals surface area contributed by atoms with Gasteiger partial charge in [-0.25, -0.2) is 4.39 Å². The first-order valence-electron chi connectivity index (χ1n) is 10.9. The van der Waals surface area contributed by atoms with Crippen LogP contribution < -0.4 is 10.1 Å². The van der Waals surface area contributed by atoms with Crippen LogP contribution in [0.2, 0.25) is 5.02 Å². The number of piperidine rings is 1. The SMILES string of the molecule is O=C(NCc1ccc(F)cc1)C1CCN(Cc2ccc(Br)cc2Oc2cccc(Cl)c2)CC1. The van der Waals surface area contributed by atoms with Crippen LogP contribution in [0.15, 0.2) is 71.2 Å². The van der Waals surface area contributed by atoms with Gasteiger partial charge in [-0.05, 0) is 74.0 Å². The highest BCUT2D eigenvalue weighted by atomic mass is 79.9. The number of hydrogen-bond donors (Lipinski definition) is 1. The second-order valence-electron chi connectivity index (χ2n) is 8.21. The van der Waals surface area contributed by atoms with E-state index < -0.39 is 0 Å². The van der Waals surface area contributed by atoms with Crippen LogP contribution in [0.3, 0.4) is 0 Å². The third-order valence-corrected chi connectivity index (χ3v) is 6.51. The minimum Gasteiger partial charge on any atom is -0.457 e. The lowest BCUT2D eigenvalue weighted by atomic mass is 9.95. The molecule has 1 heterocycles. The van der Waals surface area contributed by atoms with Crippen LogP contribution in [0.4, 0.5) is 4.39 Å². The van der Waals surface area contributed by atoms with E-state index in [1.165, 1.54) is 12.1 Å². The summed E-state index contributed by atoms with van der Waals surface area (Å²) < 4.78 is 20.1. The largest absolute Gasteiger partial charge is 0.457 e. The van der Waals surface area contributed by atoms with Crippen molar-refractivity contribution in [1.82, 2.24) is 10.2 Å². The van der Waals surface area contributed by atoms with E-state index in [1.807, 2.05) is 30.3 Å². The normalized spacial score (nSPS) is 14.8. The molecule has 0 atom stereocenters. The topological polar surface area (TPSA) is 41.6 Å². The average molecular weight is 532 g/mol. The van der Waals surface area contributed by atoms with E-state index in [1.54, 1.807) is 18.2 Å². The Balaban J connectivity index is 1.31. The number of halogens is 3. The summed E-state index contributed by atoms with van der Waals surface area (Å²) in [5.74, 6) is 1.26. The van der Waals surface area contributed by atoms with Crippen LogP contribution in [-0.4, -0.2) is 23.9 Å². The van der Waals surface area contributed by atoms with E-state index in [9.17, 15) is 9.18 Å². The fourth-order valence-electron chi connectivity index (χ4n) is 3.94. The summed E-state index contributed by atoms with van der Waals surface area (Å²) in [5.41, 5.74) is 1.97. The van der Waals surface area contributed by atoms with E-state index in [0.29, 0.717) is 17.3 Å². The van der Waals surface area contributed by atoms with E-state index in [4.69, 9.17) is 16.3 Å². The molecule has 1 aliphatic heterocycles. The molecule has 33 heavy (non-hydrogen) atoms. The molecule has 3 aromatic carbocycles. The number of rotatable bonds is 7. The molecule has 0 saturated carbocycles.